The minimum atomic E-state index is -0.0927. The van der Waals surface area contributed by atoms with Crippen molar-refractivity contribution in [3.8, 4) is 0 Å². The molecule has 1 heterocycles. The summed E-state index contributed by atoms with van der Waals surface area (Å²) in [6.45, 7) is 2.35. The molecule has 0 radical (unpaired) electrons. The lowest BCUT2D eigenvalue weighted by Crippen LogP contribution is -2.23. The second-order valence-corrected chi connectivity index (χ2v) is 4.44. The minimum Gasteiger partial charge on any atom is -0.348 e. The molecule has 0 unspecified atom stereocenters. The predicted octanol–water partition coefficient (Wildman–Crippen LogP) is 2.97. The van der Waals surface area contributed by atoms with Gasteiger partial charge in [0.2, 0.25) is 0 Å². The predicted molar refractivity (Wildman–Crippen MR) is 71.6 cm³/mol. The smallest absolute Gasteiger partial charge is 0.251 e. The monoisotopic (exact) mass is 260 g/mol. The molecule has 0 aliphatic heterocycles. The third-order valence-corrected chi connectivity index (χ3v) is 2.88. The first kappa shape index (κ1) is 12.6. The SMILES string of the molecule is Cc1cnccc1C(=O)NCc1ccc(Cl)cc1. The molecule has 92 valence electrons. The number of aromatic nitrogens is 1. The number of hydrogen-bond acceptors (Lipinski definition) is 2. The van der Waals surface area contributed by atoms with Gasteiger partial charge in [0.1, 0.15) is 0 Å². The van der Waals surface area contributed by atoms with Crippen molar-refractivity contribution in [2.24, 2.45) is 0 Å². The average Bonchev–Trinajstić information content (AvgIpc) is 2.38. The van der Waals surface area contributed by atoms with Gasteiger partial charge in [0.25, 0.3) is 5.91 Å². The number of halogens is 1. The van der Waals surface area contributed by atoms with Crippen molar-refractivity contribution in [1.82, 2.24) is 10.3 Å². The Hall–Kier alpha value is -1.87. The van der Waals surface area contributed by atoms with Gasteiger partial charge in [-0.05, 0) is 36.2 Å². The maximum Gasteiger partial charge on any atom is 0.251 e. The van der Waals surface area contributed by atoms with E-state index in [2.05, 4.69) is 10.3 Å². The number of nitrogens with one attached hydrogen (secondary N) is 1. The van der Waals surface area contributed by atoms with E-state index in [1.54, 1.807) is 30.6 Å². The highest BCUT2D eigenvalue weighted by Crippen LogP contribution is 2.10. The first-order chi connectivity index (χ1) is 8.66. The van der Waals surface area contributed by atoms with Gasteiger partial charge in [-0.15, -0.1) is 0 Å². The summed E-state index contributed by atoms with van der Waals surface area (Å²) in [6.07, 6.45) is 3.29. The second kappa shape index (κ2) is 5.65. The van der Waals surface area contributed by atoms with Crippen LogP contribution in [0, 0.1) is 6.92 Å². The summed E-state index contributed by atoms with van der Waals surface area (Å²) >= 11 is 5.80. The van der Waals surface area contributed by atoms with Crippen molar-refractivity contribution in [2.45, 2.75) is 13.5 Å². The second-order valence-electron chi connectivity index (χ2n) is 4.00. The summed E-state index contributed by atoms with van der Waals surface area (Å²) in [7, 11) is 0. The Kier molecular flexibility index (Phi) is 3.95. The summed E-state index contributed by atoms with van der Waals surface area (Å²) in [5, 5.41) is 3.56. The van der Waals surface area contributed by atoms with E-state index in [1.807, 2.05) is 19.1 Å². The molecule has 4 heteroatoms. The van der Waals surface area contributed by atoms with Gasteiger partial charge in [-0.25, -0.2) is 0 Å². The summed E-state index contributed by atoms with van der Waals surface area (Å²) in [4.78, 5) is 15.9. The first-order valence-electron chi connectivity index (χ1n) is 5.60. The van der Waals surface area contributed by atoms with Gasteiger partial charge in [-0.2, -0.15) is 0 Å². The Morgan fingerprint density at radius 2 is 2.00 bits per heavy atom. The van der Waals surface area contributed by atoms with Crippen LogP contribution in [0.25, 0.3) is 0 Å². The van der Waals surface area contributed by atoms with Crippen LogP contribution in [0.3, 0.4) is 0 Å². The number of benzene rings is 1. The molecule has 2 aromatic rings. The fraction of sp³-hybridized carbons (Fsp3) is 0.143. The lowest BCUT2D eigenvalue weighted by atomic mass is 10.1. The number of carbonyl (C=O) groups is 1. The summed E-state index contributed by atoms with van der Waals surface area (Å²) in [6, 6.07) is 9.11. The Labute approximate surface area is 111 Å². The van der Waals surface area contributed by atoms with Crippen LogP contribution in [0.5, 0.6) is 0 Å². The topological polar surface area (TPSA) is 42.0 Å². The number of aryl methyl sites for hydroxylation is 1. The van der Waals surface area contributed by atoms with Gasteiger partial charge >= 0.3 is 0 Å². The van der Waals surface area contributed by atoms with Gasteiger partial charge in [0, 0.05) is 29.5 Å². The molecule has 1 N–H and O–H groups in total. The first-order valence-corrected chi connectivity index (χ1v) is 5.98. The van der Waals surface area contributed by atoms with Gasteiger partial charge in [0.15, 0.2) is 0 Å². The van der Waals surface area contributed by atoms with E-state index in [0.717, 1.165) is 11.1 Å². The molecule has 1 aromatic heterocycles. The molecule has 0 aliphatic carbocycles. The molecule has 0 aliphatic rings. The minimum absolute atomic E-state index is 0.0927. The van der Waals surface area contributed by atoms with E-state index in [9.17, 15) is 4.79 Å². The fourth-order valence-corrected chi connectivity index (χ4v) is 1.73. The lowest BCUT2D eigenvalue weighted by Gasteiger charge is -2.07. The number of rotatable bonds is 3. The molecule has 18 heavy (non-hydrogen) atoms. The van der Waals surface area contributed by atoms with Crippen molar-refractivity contribution in [2.75, 3.05) is 0 Å². The third-order valence-electron chi connectivity index (χ3n) is 2.63. The molecule has 3 nitrogen and oxygen atoms in total. The van der Waals surface area contributed by atoms with Crippen molar-refractivity contribution >= 4 is 17.5 Å². The van der Waals surface area contributed by atoms with Gasteiger partial charge in [0.05, 0.1) is 0 Å². The maximum atomic E-state index is 11.9. The van der Waals surface area contributed by atoms with Gasteiger partial charge < -0.3 is 5.32 Å². The molecule has 0 atom stereocenters. The highest BCUT2D eigenvalue weighted by molar-refractivity contribution is 6.30. The van der Waals surface area contributed by atoms with E-state index in [-0.39, 0.29) is 5.91 Å². The van der Waals surface area contributed by atoms with Crippen LogP contribution < -0.4 is 5.32 Å². The third kappa shape index (κ3) is 3.08. The van der Waals surface area contributed by atoms with Crippen LogP contribution in [-0.4, -0.2) is 10.9 Å². The Morgan fingerprint density at radius 1 is 1.28 bits per heavy atom. The molecule has 0 bridgehead atoms. The van der Waals surface area contributed by atoms with Crippen LogP contribution >= 0.6 is 11.6 Å². The van der Waals surface area contributed by atoms with Crippen molar-refractivity contribution in [3.63, 3.8) is 0 Å². The van der Waals surface area contributed by atoms with Crippen LogP contribution in [0.15, 0.2) is 42.7 Å². The molecule has 0 saturated carbocycles. The van der Waals surface area contributed by atoms with Crippen LogP contribution in [0.1, 0.15) is 21.5 Å². The standard InChI is InChI=1S/C14H13ClN2O/c1-10-8-16-7-6-13(10)14(18)17-9-11-2-4-12(15)5-3-11/h2-8H,9H2,1H3,(H,17,18). The largest absolute Gasteiger partial charge is 0.348 e. The Bertz CT molecular complexity index is 552. The van der Waals surface area contributed by atoms with E-state index >= 15 is 0 Å². The quantitative estimate of drug-likeness (QED) is 0.922. The molecule has 0 fully saturated rings. The number of amides is 1. The van der Waals surface area contributed by atoms with E-state index in [1.165, 1.54) is 0 Å². The normalized spacial score (nSPS) is 10.1. The van der Waals surface area contributed by atoms with Crippen molar-refractivity contribution < 1.29 is 4.79 Å². The molecular weight excluding hydrogens is 248 g/mol. The molecule has 0 spiro atoms. The zero-order valence-corrected chi connectivity index (χ0v) is 10.7. The fourth-order valence-electron chi connectivity index (χ4n) is 1.61. The molecular formula is C14H13ClN2O. The highest BCUT2D eigenvalue weighted by Gasteiger charge is 2.07. The molecule has 1 aromatic carbocycles. The number of carbonyl (C=O) groups excluding carboxylic acids is 1. The zero-order chi connectivity index (χ0) is 13.0. The summed E-state index contributed by atoms with van der Waals surface area (Å²) < 4.78 is 0. The van der Waals surface area contributed by atoms with Crippen LogP contribution in [0.2, 0.25) is 5.02 Å². The van der Waals surface area contributed by atoms with Crippen LogP contribution in [0.4, 0.5) is 0 Å². The molecule has 0 saturated heterocycles. The van der Waals surface area contributed by atoms with E-state index < -0.39 is 0 Å². The maximum absolute atomic E-state index is 11.9. The Morgan fingerprint density at radius 3 is 2.67 bits per heavy atom. The van der Waals surface area contributed by atoms with E-state index in [4.69, 9.17) is 11.6 Å². The average molecular weight is 261 g/mol. The van der Waals surface area contributed by atoms with Gasteiger partial charge in [-0.1, -0.05) is 23.7 Å². The van der Waals surface area contributed by atoms with E-state index in [0.29, 0.717) is 17.1 Å². The summed E-state index contributed by atoms with van der Waals surface area (Å²) in [5.41, 5.74) is 2.53. The summed E-state index contributed by atoms with van der Waals surface area (Å²) in [5.74, 6) is -0.0927. The number of hydrogen-bond donors (Lipinski definition) is 1. The molecule has 1 amide bonds. The van der Waals surface area contributed by atoms with Crippen LogP contribution in [-0.2, 0) is 6.54 Å². The zero-order valence-electron chi connectivity index (χ0n) is 9.98. The molecule has 2 rings (SSSR count). The lowest BCUT2D eigenvalue weighted by molar-refractivity contribution is 0.0950. The van der Waals surface area contributed by atoms with Gasteiger partial charge in [-0.3, -0.25) is 9.78 Å². The van der Waals surface area contributed by atoms with Crippen molar-refractivity contribution in [1.29, 1.82) is 0 Å². The number of nitrogens with zero attached hydrogens (tertiary/aromatic N) is 1. The highest BCUT2D eigenvalue weighted by atomic mass is 35.5. The Balaban J connectivity index is 2.01. The van der Waals surface area contributed by atoms with Crippen molar-refractivity contribution in [3.05, 3.63) is 64.4 Å². The number of pyridine rings is 1.